The summed E-state index contributed by atoms with van der Waals surface area (Å²) in [7, 11) is 0. The van der Waals surface area contributed by atoms with Crippen molar-refractivity contribution in [2.75, 3.05) is 0 Å². The molecule has 0 aromatic rings. The lowest BCUT2D eigenvalue weighted by Gasteiger charge is -2.33. The van der Waals surface area contributed by atoms with Crippen LogP contribution in [-0.2, 0) is 0 Å². The molecule has 0 saturated heterocycles. The summed E-state index contributed by atoms with van der Waals surface area (Å²) in [6, 6.07) is 0. The first kappa shape index (κ1) is 5.62. The van der Waals surface area contributed by atoms with Crippen molar-refractivity contribution < 1.29 is 0 Å². The molecule has 0 spiro atoms. The number of fused-ring (bicyclic) bond motifs is 2. The van der Waals surface area contributed by atoms with Gasteiger partial charge in [-0.25, -0.2) is 0 Å². The van der Waals surface area contributed by atoms with E-state index in [0.717, 1.165) is 17.8 Å². The maximum absolute atomic E-state index is 1.93. The minimum atomic E-state index is 1.14. The summed E-state index contributed by atoms with van der Waals surface area (Å²) >= 11 is 0. The Bertz CT molecular complexity index is 140. The maximum atomic E-state index is 1.93. The average molecular weight is 135 g/mol. The zero-order valence-corrected chi connectivity index (χ0v) is 6.47. The van der Waals surface area contributed by atoms with Crippen molar-refractivity contribution in [2.24, 2.45) is 17.8 Å². The lowest BCUT2D eigenvalue weighted by Crippen LogP contribution is -2.21. The molecular weight excluding hydrogens is 120 g/mol. The van der Waals surface area contributed by atoms with E-state index in [1.54, 1.807) is 19.3 Å². The van der Waals surface area contributed by atoms with Gasteiger partial charge in [0.25, 0.3) is 0 Å². The van der Waals surface area contributed by atoms with Gasteiger partial charge in [0.15, 0.2) is 0 Å². The molecule has 3 unspecified atom stereocenters. The second kappa shape index (κ2) is 1.78. The Morgan fingerprint density at radius 2 is 1.90 bits per heavy atom. The minimum absolute atomic E-state index is 1.14. The van der Waals surface area contributed by atoms with Crippen LogP contribution in [-0.4, -0.2) is 0 Å². The first-order valence-electron chi connectivity index (χ1n) is 4.75. The SMILES string of the molecule is C1CC2CC3C[C]1CC2C3. The van der Waals surface area contributed by atoms with Crippen LogP contribution in [0, 0.1) is 23.7 Å². The van der Waals surface area contributed by atoms with E-state index in [1.165, 1.54) is 19.3 Å². The lowest BCUT2D eigenvalue weighted by molar-refractivity contribution is 0.275. The van der Waals surface area contributed by atoms with Crippen LogP contribution in [0.5, 0.6) is 0 Å². The molecule has 3 bridgehead atoms. The number of hydrogen-bond acceptors (Lipinski definition) is 0. The van der Waals surface area contributed by atoms with E-state index in [4.69, 9.17) is 0 Å². The summed E-state index contributed by atoms with van der Waals surface area (Å²) in [5, 5.41) is 0. The fourth-order valence-corrected chi connectivity index (χ4v) is 3.56. The van der Waals surface area contributed by atoms with Gasteiger partial charge in [0, 0.05) is 0 Å². The molecule has 10 heavy (non-hydrogen) atoms. The fourth-order valence-electron chi connectivity index (χ4n) is 3.56. The van der Waals surface area contributed by atoms with Gasteiger partial charge in [0.1, 0.15) is 0 Å². The van der Waals surface area contributed by atoms with Gasteiger partial charge < -0.3 is 0 Å². The van der Waals surface area contributed by atoms with Gasteiger partial charge in [-0.15, -0.1) is 0 Å². The van der Waals surface area contributed by atoms with E-state index >= 15 is 0 Å². The van der Waals surface area contributed by atoms with E-state index in [1.807, 2.05) is 5.92 Å². The van der Waals surface area contributed by atoms with Crippen LogP contribution in [0.1, 0.15) is 38.5 Å². The van der Waals surface area contributed by atoms with Gasteiger partial charge in [0.2, 0.25) is 0 Å². The quantitative estimate of drug-likeness (QED) is 0.479. The van der Waals surface area contributed by atoms with Crippen LogP contribution in [0.4, 0.5) is 0 Å². The standard InChI is InChI=1S/C10H15/c1-2-9-5-8-3-7(1)4-10(9)6-8/h8-10H,1-6H2. The summed E-state index contributed by atoms with van der Waals surface area (Å²) in [5.41, 5.74) is 0. The molecule has 3 rings (SSSR count). The molecular formula is C10H15. The maximum Gasteiger partial charge on any atom is -0.0235 e. The third kappa shape index (κ3) is 0.627. The molecule has 1 radical (unpaired) electrons. The van der Waals surface area contributed by atoms with Gasteiger partial charge in [-0.1, -0.05) is 0 Å². The van der Waals surface area contributed by atoms with Crippen LogP contribution in [0.3, 0.4) is 0 Å². The lowest BCUT2D eigenvalue weighted by atomic mass is 9.72. The Morgan fingerprint density at radius 3 is 2.90 bits per heavy atom. The Kier molecular flexibility index (Phi) is 1.00. The number of rotatable bonds is 0. The smallest absolute Gasteiger partial charge is 0.0235 e. The van der Waals surface area contributed by atoms with Gasteiger partial charge in [-0.2, -0.15) is 0 Å². The molecule has 3 aliphatic rings. The first-order valence-corrected chi connectivity index (χ1v) is 4.75. The Balaban J connectivity index is 1.94. The summed E-state index contributed by atoms with van der Waals surface area (Å²) in [4.78, 5) is 0. The molecule has 55 valence electrons. The van der Waals surface area contributed by atoms with Gasteiger partial charge in [0.05, 0.1) is 0 Å². The highest BCUT2D eigenvalue weighted by atomic mass is 14.5. The van der Waals surface area contributed by atoms with E-state index in [9.17, 15) is 0 Å². The molecule has 0 N–H and O–H groups in total. The minimum Gasteiger partial charge on any atom is -0.0496 e. The fraction of sp³-hybridized carbons (Fsp3) is 0.900. The molecule has 0 amide bonds. The predicted octanol–water partition coefficient (Wildman–Crippen LogP) is 2.79. The summed E-state index contributed by atoms with van der Waals surface area (Å²) in [5.74, 6) is 5.38. The monoisotopic (exact) mass is 135 g/mol. The molecule has 3 fully saturated rings. The normalized spacial score (nSPS) is 52.2. The Hall–Kier alpha value is 0. The van der Waals surface area contributed by atoms with Crippen molar-refractivity contribution in [1.29, 1.82) is 0 Å². The highest BCUT2D eigenvalue weighted by Crippen LogP contribution is 2.55. The van der Waals surface area contributed by atoms with Crippen LogP contribution in [0.2, 0.25) is 0 Å². The molecule has 0 aromatic carbocycles. The van der Waals surface area contributed by atoms with Crippen molar-refractivity contribution in [3.05, 3.63) is 5.92 Å². The van der Waals surface area contributed by atoms with Crippen LogP contribution < -0.4 is 0 Å². The number of hydrogen-bond donors (Lipinski definition) is 0. The molecule has 3 saturated carbocycles. The van der Waals surface area contributed by atoms with Crippen molar-refractivity contribution in [2.45, 2.75) is 38.5 Å². The Morgan fingerprint density at radius 1 is 1.00 bits per heavy atom. The topological polar surface area (TPSA) is 0 Å². The highest BCUT2D eigenvalue weighted by Gasteiger charge is 2.43. The molecule has 0 aliphatic heterocycles. The van der Waals surface area contributed by atoms with Crippen molar-refractivity contribution >= 4 is 0 Å². The van der Waals surface area contributed by atoms with E-state index in [2.05, 4.69) is 0 Å². The summed E-state index contributed by atoms with van der Waals surface area (Å²) in [6.45, 7) is 0. The predicted molar refractivity (Wildman–Crippen MR) is 41.4 cm³/mol. The van der Waals surface area contributed by atoms with Gasteiger partial charge >= 0.3 is 0 Å². The van der Waals surface area contributed by atoms with E-state index < -0.39 is 0 Å². The van der Waals surface area contributed by atoms with Crippen molar-refractivity contribution in [3.8, 4) is 0 Å². The zero-order chi connectivity index (χ0) is 6.55. The zero-order valence-electron chi connectivity index (χ0n) is 6.47. The molecule has 0 aromatic heterocycles. The summed E-state index contributed by atoms with van der Waals surface area (Å²) < 4.78 is 0. The average Bonchev–Trinajstić information content (AvgIpc) is 2.11. The van der Waals surface area contributed by atoms with Crippen LogP contribution in [0.25, 0.3) is 0 Å². The van der Waals surface area contributed by atoms with Crippen LogP contribution in [0.15, 0.2) is 0 Å². The van der Waals surface area contributed by atoms with Crippen molar-refractivity contribution in [1.82, 2.24) is 0 Å². The second-order valence-corrected chi connectivity index (χ2v) is 4.55. The summed E-state index contributed by atoms with van der Waals surface area (Å²) in [6.07, 6.45) is 9.28. The van der Waals surface area contributed by atoms with Gasteiger partial charge in [-0.3, -0.25) is 0 Å². The van der Waals surface area contributed by atoms with E-state index in [-0.39, 0.29) is 0 Å². The largest absolute Gasteiger partial charge is 0.0496 e. The second-order valence-electron chi connectivity index (χ2n) is 4.55. The van der Waals surface area contributed by atoms with Crippen LogP contribution >= 0.6 is 0 Å². The molecule has 0 heterocycles. The van der Waals surface area contributed by atoms with E-state index in [0.29, 0.717) is 0 Å². The van der Waals surface area contributed by atoms with Gasteiger partial charge in [-0.05, 0) is 62.2 Å². The molecule has 3 aliphatic carbocycles. The Labute approximate surface area is 63.0 Å². The third-order valence-corrected chi connectivity index (χ3v) is 3.94. The molecule has 0 nitrogen and oxygen atoms in total. The first-order chi connectivity index (χ1) is 4.92. The molecule has 0 heteroatoms. The highest BCUT2D eigenvalue weighted by molar-refractivity contribution is 5.08. The third-order valence-electron chi connectivity index (χ3n) is 3.94. The molecule has 3 atom stereocenters. The van der Waals surface area contributed by atoms with Crippen molar-refractivity contribution in [3.63, 3.8) is 0 Å².